The number of ether oxygens (including phenoxy) is 4. The molecule has 528 valence electrons. The largest absolute Gasteiger partial charge is 0.472 e. The second-order valence-corrected chi connectivity index (χ2v) is 28.9. The van der Waals surface area contributed by atoms with E-state index in [1.54, 1.807) is 0 Å². The topological polar surface area (TPSA) is 237 Å². The Morgan fingerprint density at radius 1 is 0.326 bits per heavy atom. The Labute approximate surface area is 543 Å². The fourth-order valence-electron chi connectivity index (χ4n) is 10.6. The molecule has 0 bridgehead atoms. The van der Waals surface area contributed by atoms with Crippen molar-refractivity contribution in [3.8, 4) is 0 Å². The standard InChI is InChI=1S/C70H136O17P2/c1-7-10-12-14-16-17-18-19-20-21-22-23-24-25-26-27-28-29-35-42-48-54-69(74)86-65(59-81-68(73)53-47-41-34-31-30-33-39-45-51-63(6)9-3)60-84-88(76,77)82-56-64(71)57-83-89(78,79)85-61-66(58-80-67(72)52-46-40-32-15-13-11-8-2)87-70(75)55-49-43-37-36-38-44-50-62(4)5/h62-66,71H,7-61H2,1-6H3,(H,76,77)(H,78,79)/t63?,64-,65-,66-/m1/s1. The van der Waals surface area contributed by atoms with Crippen molar-refractivity contribution in [2.24, 2.45) is 11.8 Å². The molecular weight excluding hydrogens is 1170 g/mol. The van der Waals surface area contributed by atoms with E-state index in [-0.39, 0.29) is 25.7 Å². The summed E-state index contributed by atoms with van der Waals surface area (Å²) in [6.07, 6.45) is 47.7. The number of hydrogen-bond donors (Lipinski definition) is 3. The van der Waals surface area contributed by atoms with Crippen molar-refractivity contribution in [2.75, 3.05) is 39.6 Å². The summed E-state index contributed by atoms with van der Waals surface area (Å²) in [7, 11) is -9.89. The summed E-state index contributed by atoms with van der Waals surface area (Å²) >= 11 is 0. The van der Waals surface area contributed by atoms with Gasteiger partial charge in [0.15, 0.2) is 12.2 Å². The minimum Gasteiger partial charge on any atom is -0.462 e. The molecule has 19 heteroatoms. The van der Waals surface area contributed by atoms with Gasteiger partial charge < -0.3 is 33.8 Å². The first-order valence-corrected chi connectivity index (χ1v) is 39.5. The molecule has 0 aromatic heterocycles. The second kappa shape index (κ2) is 62.2. The Hall–Kier alpha value is -1.94. The van der Waals surface area contributed by atoms with E-state index in [0.717, 1.165) is 109 Å². The van der Waals surface area contributed by atoms with Crippen LogP contribution in [-0.4, -0.2) is 96.7 Å². The van der Waals surface area contributed by atoms with E-state index in [4.69, 9.17) is 37.0 Å². The second-order valence-electron chi connectivity index (χ2n) is 26.0. The molecule has 0 fully saturated rings. The van der Waals surface area contributed by atoms with Gasteiger partial charge in [0.05, 0.1) is 26.4 Å². The molecule has 0 aliphatic rings. The molecule has 0 saturated heterocycles. The van der Waals surface area contributed by atoms with Gasteiger partial charge in [0.25, 0.3) is 0 Å². The van der Waals surface area contributed by atoms with Gasteiger partial charge in [-0.15, -0.1) is 0 Å². The average Bonchev–Trinajstić information content (AvgIpc) is 3.60. The number of phosphoric acid groups is 2. The fourth-order valence-corrected chi connectivity index (χ4v) is 12.1. The lowest BCUT2D eigenvalue weighted by Crippen LogP contribution is -2.30. The van der Waals surface area contributed by atoms with Gasteiger partial charge in [-0.05, 0) is 37.5 Å². The molecule has 0 amide bonds. The van der Waals surface area contributed by atoms with Gasteiger partial charge in [0, 0.05) is 25.7 Å². The van der Waals surface area contributed by atoms with Gasteiger partial charge in [-0.2, -0.15) is 0 Å². The first-order chi connectivity index (χ1) is 42.9. The van der Waals surface area contributed by atoms with Gasteiger partial charge in [0.2, 0.25) is 0 Å². The number of phosphoric ester groups is 2. The van der Waals surface area contributed by atoms with Crippen LogP contribution in [0.3, 0.4) is 0 Å². The van der Waals surface area contributed by atoms with Gasteiger partial charge in [-0.25, -0.2) is 9.13 Å². The highest BCUT2D eigenvalue weighted by atomic mass is 31.2. The summed E-state index contributed by atoms with van der Waals surface area (Å²) in [4.78, 5) is 72.3. The number of carbonyl (C=O) groups is 4. The fraction of sp³-hybridized carbons (Fsp3) is 0.943. The summed E-state index contributed by atoms with van der Waals surface area (Å²) in [5, 5.41) is 10.6. The monoisotopic (exact) mass is 1310 g/mol. The van der Waals surface area contributed by atoms with Crippen molar-refractivity contribution in [3.63, 3.8) is 0 Å². The number of aliphatic hydroxyl groups is 1. The molecule has 89 heavy (non-hydrogen) atoms. The zero-order chi connectivity index (χ0) is 65.7. The summed E-state index contributed by atoms with van der Waals surface area (Å²) in [6, 6.07) is 0. The van der Waals surface area contributed by atoms with E-state index in [2.05, 4.69) is 41.5 Å². The molecule has 3 N–H and O–H groups in total. The Kier molecular flexibility index (Phi) is 60.8. The molecule has 3 unspecified atom stereocenters. The molecule has 0 aliphatic carbocycles. The van der Waals surface area contributed by atoms with Crippen LogP contribution in [0.2, 0.25) is 0 Å². The van der Waals surface area contributed by atoms with E-state index >= 15 is 0 Å². The smallest absolute Gasteiger partial charge is 0.462 e. The molecule has 17 nitrogen and oxygen atoms in total. The van der Waals surface area contributed by atoms with Gasteiger partial charge in [0.1, 0.15) is 19.3 Å². The molecule has 0 radical (unpaired) electrons. The number of aliphatic hydroxyl groups excluding tert-OH is 1. The van der Waals surface area contributed by atoms with Crippen LogP contribution < -0.4 is 0 Å². The number of carbonyl (C=O) groups excluding carboxylic acids is 4. The number of hydrogen-bond acceptors (Lipinski definition) is 15. The van der Waals surface area contributed by atoms with Crippen LogP contribution in [-0.2, 0) is 65.4 Å². The maximum absolute atomic E-state index is 13.0. The zero-order valence-corrected chi connectivity index (χ0v) is 59.5. The van der Waals surface area contributed by atoms with Crippen molar-refractivity contribution in [1.82, 2.24) is 0 Å². The van der Waals surface area contributed by atoms with Crippen LogP contribution in [0.4, 0.5) is 0 Å². The molecule has 0 saturated carbocycles. The third kappa shape index (κ3) is 63.2. The zero-order valence-electron chi connectivity index (χ0n) is 57.7. The molecule has 0 heterocycles. The Bertz CT molecular complexity index is 1740. The molecule has 0 aromatic rings. The lowest BCUT2D eigenvalue weighted by Gasteiger charge is -2.21. The van der Waals surface area contributed by atoms with E-state index in [1.807, 2.05) is 0 Å². The number of unbranched alkanes of at least 4 members (excludes halogenated alkanes) is 38. The van der Waals surface area contributed by atoms with Crippen LogP contribution >= 0.6 is 15.6 Å². The van der Waals surface area contributed by atoms with Crippen LogP contribution in [0.15, 0.2) is 0 Å². The quantitative estimate of drug-likeness (QED) is 0.0222. The Morgan fingerprint density at radius 3 is 0.854 bits per heavy atom. The van der Waals surface area contributed by atoms with E-state index in [9.17, 15) is 43.2 Å². The SMILES string of the molecule is CCCCCCCCCCCCCCCCCCCCCCCC(=O)O[C@H](COC(=O)CCCCCCCCCCC(C)CC)COP(=O)(O)OC[C@@H](O)COP(=O)(O)OC[C@@H](COC(=O)CCCCCCCCC)OC(=O)CCCCCCCCC(C)C. The summed E-state index contributed by atoms with van der Waals surface area (Å²) in [5.74, 6) is -0.688. The van der Waals surface area contributed by atoms with Crippen molar-refractivity contribution in [3.05, 3.63) is 0 Å². The minimum atomic E-state index is -4.95. The maximum Gasteiger partial charge on any atom is 0.472 e. The first kappa shape index (κ1) is 87.1. The predicted octanol–water partition coefficient (Wildman–Crippen LogP) is 20.0. The molecule has 0 aliphatic heterocycles. The normalized spacial score (nSPS) is 14.4. The maximum atomic E-state index is 13.0. The van der Waals surface area contributed by atoms with Crippen LogP contribution in [0.5, 0.6) is 0 Å². The first-order valence-electron chi connectivity index (χ1n) is 36.5. The minimum absolute atomic E-state index is 0.102. The Morgan fingerprint density at radius 2 is 0.573 bits per heavy atom. The van der Waals surface area contributed by atoms with Gasteiger partial charge >= 0.3 is 39.5 Å². The molecule has 0 spiro atoms. The lowest BCUT2D eigenvalue weighted by atomic mass is 9.99. The highest BCUT2D eigenvalue weighted by Crippen LogP contribution is 2.45. The van der Waals surface area contributed by atoms with Gasteiger partial charge in [-0.3, -0.25) is 37.3 Å². The van der Waals surface area contributed by atoms with Crippen LogP contribution in [0, 0.1) is 11.8 Å². The summed E-state index contributed by atoms with van der Waals surface area (Å²) in [5.41, 5.74) is 0. The third-order valence-electron chi connectivity index (χ3n) is 16.6. The lowest BCUT2D eigenvalue weighted by molar-refractivity contribution is -0.161. The van der Waals surface area contributed by atoms with Crippen molar-refractivity contribution in [2.45, 2.75) is 374 Å². The van der Waals surface area contributed by atoms with E-state index in [1.165, 1.54) is 161 Å². The van der Waals surface area contributed by atoms with Gasteiger partial charge in [-0.1, -0.05) is 305 Å². The molecule has 6 atom stereocenters. The van der Waals surface area contributed by atoms with Crippen molar-refractivity contribution < 1.29 is 80.2 Å². The summed E-state index contributed by atoms with van der Waals surface area (Å²) < 4.78 is 68.1. The molecule has 0 rings (SSSR count). The highest BCUT2D eigenvalue weighted by molar-refractivity contribution is 7.47. The van der Waals surface area contributed by atoms with Crippen LogP contribution in [0.1, 0.15) is 356 Å². The molecule has 0 aromatic carbocycles. The van der Waals surface area contributed by atoms with Crippen molar-refractivity contribution in [1.29, 1.82) is 0 Å². The van der Waals surface area contributed by atoms with Crippen LogP contribution in [0.25, 0.3) is 0 Å². The third-order valence-corrected chi connectivity index (χ3v) is 18.5. The van der Waals surface area contributed by atoms with E-state index < -0.39 is 97.5 Å². The molecular formula is C70H136O17P2. The number of esters is 4. The van der Waals surface area contributed by atoms with E-state index in [0.29, 0.717) is 31.6 Å². The predicted molar refractivity (Wildman–Crippen MR) is 358 cm³/mol. The Balaban J connectivity index is 5.13. The average molecular weight is 1310 g/mol. The highest BCUT2D eigenvalue weighted by Gasteiger charge is 2.30. The number of rotatable bonds is 69. The van der Waals surface area contributed by atoms with Crippen molar-refractivity contribution >= 4 is 39.5 Å². The summed E-state index contributed by atoms with van der Waals surface area (Å²) in [6.45, 7) is 9.41.